The largest absolute Gasteiger partial charge is 0.465 e. The Hall–Kier alpha value is -1.14. The molecule has 0 heterocycles. The van der Waals surface area contributed by atoms with Gasteiger partial charge in [-0.2, -0.15) is 0 Å². The molecule has 1 unspecified atom stereocenters. The second kappa shape index (κ2) is 6.38. The molecule has 1 atom stereocenters. The van der Waals surface area contributed by atoms with E-state index in [1.165, 1.54) is 0 Å². The second-order valence-electron chi connectivity index (χ2n) is 2.37. The third-order valence-corrected chi connectivity index (χ3v) is 1.30. The molecule has 1 amide bonds. The molecule has 0 aliphatic rings. The Bertz CT molecular complexity index is 184. The molecule has 0 aromatic rings. The van der Waals surface area contributed by atoms with Crippen LogP contribution in [0.4, 0.5) is 0 Å². The van der Waals surface area contributed by atoms with E-state index in [0.717, 1.165) is 0 Å². The molecule has 0 aliphatic heterocycles. The van der Waals surface area contributed by atoms with Crippen LogP contribution in [-0.2, 0) is 14.3 Å². The third-order valence-electron chi connectivity index (χ3n) is 1.30. The second-order valence-corrected chi connectivity index (χ2v) is 2.37. The Kier molecular flexibility index (Phi) is 5.82. The van der Waals surface area contributed by atoms with Crippen LogP contribution in [0.25, 0.3) is 0 Å². The van der Waals surface area contributed by atoms with Gasteiger partial charge in [0.05, 0.1) is 12.6 Å². The van der Waals surface area contributed by atoms with Gasteiger partial charge in [-0.25, -0.2) is 0 Å². The zero-order valence-corrected chi connectivity index (χ0v) is 7.58. The molecule has 6 heteroatoms. The van der Waals surface area contributed by atoms with Crippen molar-refractivity contribution >= 4 is 11.9 Å². The summed E-state index contributed by atoms with van der Waals surface area (Å²) in [6, 6.07) is -0.769. The highest BCUT2D eigenvalue weighted by molar-refractivity contribution is 5.85. The van der Waals surface area contributed by atoms with Gasteiger partial charge in [0.1, 0.15) is 6.54 Å². The van der Waals surface area contributed by atoms with E-state index in [-0.39, 0.29) is 19.7 Å². The van der Waals surface area contributed by atoms with Crippen LogP contribution < -0.4 is 16.8 Å². The molecule has 0 aromatic heterocycles. The van der Waals surface area contributed by atoms with Crippen LogP contribution >= 0.6 is 0 Å². The van der Waals surface area contributed by atoms with Crippen molar-refractivity contribution in [2.24, 2.45) is 11.5 Å². The maximum atomic E-state index is 11.0. The van der Waals surface area contributed by atoms with E-state index in [9.17, 15) is 9.59 Å². The number of nitrogens with one attached hydrogen (secondary N) is 1. The van der Waals surface area contributed by atoms with Crippen LogP contribution in [0.3, 0.4) is 0 Å². The minimum absolute atomic E-state index is 0.0503. The molecule has 13 heavy (non-hydrogen) atoms. The van der Waals surface area contributed by atoms with Crippen molar-refractivity contribution in [3.8, 4) is 0 Å². The molecule has 0 fully saturated rings. The fraction of sp³-hybridized carbons (Fsp3) is 0.714. The Morgan fingerprint density at radius 3 is 2.62 bits per heavy atom. The van der Waals surface area contributed by atoms with Crippen molar-refractivity contribution in [1.29, 1.82) is 0 Å². The summed E-state index contributed by atoms with van der Waals surface area (Å²) in [5.74, 6) is -0.935. The Morgan fingerprint density at radius 2 is 2.15 bits per heavy atom. The molecule has 0 spiro atoms. The molecule has 0 saturated heterocycles. The highest BCUT2D eigenvalue weighted by atomic mass is 16.5. The van der Waals surface area contributed by atoms with Crippen molar-refractivity contribution in [2.75, 3.05) is 19.7 Å². The van der Waals surface area contributed by atoms with Gasteiger partial charge in [0.25, 0.3) is 0 Å². The smallest absolute Gasteiger partial charge is 0.325 e. The summed E-state index contributed by atoms with van der Waals surface area (Å²) < 4.78 is 4.58. The number of carbonyl (C=O) groups is 2. The van der Waals surface area contributed by atoms with Crippen LogP contribution in [0.5, 0.6) is 0 Å². The molecular formula is C7H15N3O3. The standard InChI is InChI=1S/C7H15N3O3/c1-2-13-6(11)4-10-7(12)5(9)3-8/h5H,2-4,8-9H2,1H3,(H,10,12). The van der Waals surface area contributed by atoms with Gasteiger partial charge in [-0.1, -0.05) is 0 Å². The van der Waals surface area contributed by atoms with E-state index in [0.29, 0.717) is 0 Å². The molecule has 76 valence electrons. The first kappa shape index (κ1) is 11.9. The average molecular weight is 189 g/mol. The molecule has 5 N–H and O–H groups in total. The molecule has 0 aromatic carbocycles. The normalized spacial score (nSPS) is 11.9. The molecule has 0 radical (unpaired) electrons. The quantitative estimate of drug-likeness (QED) is 0.431. The maximum Gasteiger partial charge on any atom is 0.325 e. The number of ether oxygens (including phenoxy) is 1. The van der Waals surface area contributed by atoms with Gasteiger partial charge in [-0.15, -0.1) is 0 Å². The number of amides is 1. The lowest BCUT2D eigenvalue weighted by molar-refractivity contribution is -0.143. The van der Waals surface area contributed by atoms with Crippen LogP contribution in [0, 0.1) is 0 Å². The Balaban J connectivity index is 3.63. The summed E-state index contributed by atoms with van der Waals surface area (Å²) in [5.41, 5.74) is 10.4. The topological polar surface area (TPSA) is 107 Å². The van der Waals surface area contributed by atoms with Gasteiger partial charge in [0.2, 0.25) is 5.91 Å². The van der Waals surface area contributed by atoms with Crippen LogP contribution in [0.1, 0.15) is 6.92 Å². The highest BCUT2D eigenvalue weighted by Gasteiger charge is 2.12. The summed E-state index contributed by atoms with van der Waals surface area (Å²) in [6.07, 6.45) is 0. The van der Waals surface area contributed by atoms with E-state index < -0.39 is 17.9 Å². The van der Waals surface area contributed by atoms with Crippen molar-refractivity contribution in [3.05, 3.63) is 0 Å². The monoisotopic (exact) mass is 189 g/mol. The number of hydrogen-bond donors (Lipinski definition) is 3. The van der Waals surface area contributed by atoms with Crippen LogP contribution in [0.15, 0.2) is 0 Å². The summed E-state index contributed by atoms with van der Waals surface area (Å²) in [6.45, 7) is 1.86. The van der Waals surface area contributed by atoms with Crippen molar-refractivity contribution < 1.29 is 14.3 Å². The average Bonchev–Trinajstić information content (AvgIpc) is 2.13. The molecular weight excluding hydrogens is 174 g/mol. The van der Waals surface area contributed by atoms with Gasteiger partial charge in [-0.3, -0.25) is 9.59 Å². The van der Waals surface area contributed by atoms with E-state index in [1.54, 1.807) is 6.92 Å². The molecule has 6 nitrogen and oxygen atoms in total. The first-order valence-electron chi connectivity index (χ1n) is 4.00. The number of carbonyl (C=O) groups excluding carboxylic acids is 2. The zero-order valence-electron chi connectivity index (χ0n) is 7.58. The van der Waals surface area contributed by atoms with Crippen LogP contribution in [-0.4, -0.2) is 37.6 Å². The van der Waals surface area contributed by atoms with Gasteiger partial charge in [0, 0.05) is 6.54 Å². The first-order valence-corrected chi connectivity index (χ1v) is 4.00. The SMILES string of the molecule is CCOC(=O)CNC(=O)C(N)CN. The number of rotatable bonds is 5. The van der Waals surface area contributed by atoms with Crippen molar-refractivity contribution in [2.45, 2.75) is 13.0 Å². The van der Waals surface area contributed by atoms with E-state index >= 15 is 0 Å². The molecule has 0 aliphatic carbocycles. The predicted molar refractivity (Wildman–Crippen MR) is 46.7 cm³/mol. The highest BCUT2D eigenvalue weighted by Crippen LogP contribution is 1.78. The molecule has 0 saturated carbocycles. The lowest BCUT2D eigenvalue weighted by Crippen LogP contribution is -2.46. The summed E-state index contributed by atoms with van der Waals surface area (Å²) >= 11 is 0. The Morgan fingerprint density at radius 1 is 1.54 bits per heavy atom. The third kappa shape index (κ3) is 5.15. The van der Waals surface area contributed by atoms with Crippen molar-refractivity contribution in [1.82, 2.24) is 5.32 Å². The number of esters is 1. The van der Waals surface area contributed by atoms with E-state index in [4.69, 9.17) is 11.5 Å². The van der Waals surface area contributed by atoms with Crippen LogP contribution in [0.2, 0.25) is 0 Å². The van der Waals surface area contributed by atoms with Gasteiger partial charge < -0.3 is 21.5 Å². The summed E-state index contributed by atoms with van der Waals surface area (Å²) in [5, 5.41) is 2.30. The molecule has 0 bridgehead atoms. The van der Waals surface area contributed by atoms with Gasteiger partial charge >= 0.3 is 5.97 Å². The Labute approximate surface area is 76.6 Å². The zero-order chi connectivity index (χ0) is 10.3. The fourth-order valence-corrected chi connectivity index (χ4v) is 0.609. The number of hydrogen-bond acceptors (Lipinski definition) is 5. The molecule has 0 rings (SSSR count). The maximum absolute atomic E-state index is 11.0. The van der Waals surface area contributed by atoms with Crippen molar-refractivity contribution in [3.63, 3.8) is 0 Å². The predicted octanol–water partition coefficient (Wildman–Crippen LogP) is -2.05. The fourth-order valence-electron chi connectivity index (χ4n) is 0.609. The minimum Gasteiger partial charge on any atom is -0.465 e. The number of nitrogens with two attached hydrogens (primary N) is 2. The van der Waals surface area contributed by atoms with Gasteiger partial charge in [-0.05, 0) is 6.92 Å². The van der Waals surface area contributed by atoms with E-state index in [2.05, 4.69) is 10.1 Å². The minimum atomic E-state index is -0.769. The first-order chi connectivity index (χ1) is 6.11. The summed E-state index contributed by atoms with van der Waals surface area (Å²) in [4.78, 5) is 21.7. The summed E-state index contributed by atoms with van der Waals surface area (Å²) in [7, 11) is 0. The lowest BCUT2D eigenvalue weighted by Gasteiger charge is -2.08. The lowest BCUT2D eigenvalue weighted by atomic mass is 10.3. The van der Waals surface area contributed by atoms with Gasteiger partial charge in [0.15, 0.2) is 0 Å². The van der Waals surface area contributed by atoms with E-state index in [1.807, 2.05) is 0 Å².